The number of carboxylic acids is 1. The number of carbonyl (C=O) groups is 2. The summed E-state index contributed by atoms with van der Waals surface area (Å²) in [6.45, 7) is 10.3. The third-order valence-electron chi connectivity index (χ3n) is 10.1. The Morgan fingerprint density at radius 2 is 1.37 bits per heavy atom. The van der Waals surface area contributed by atoms with Crippen LogP contribution in [-0.4, -0.2) is 73.2 Å². The molecule has 4 aromatic rings. The van der Waals surface area contributed by atoms with Crippen LogP contribution in [0.2, 0.25) is 18.1 Å². The van der Waals surface area contributed by atoms with Crippen LogP contribution in [0.25, 0.3) is 0 Å². The SMILES string of the molecule is COc1ccc(C(OC[C@H]2S[C@@H](n3ccc(=O)[nH]c3=O)[C@H](O[Si](C)(C)C(C)(C)C)[C@@H]2OC(=O)CCC(=O)O)(c2ccccc2)c2ccc(OC)cc2)cc1. The molecule has 1 saturated heterocycles. The lowest BCUT2D eigenvalue weighted by atomic mass is 9.80. The molecule has 5 rings (SSSR count). The van der Waals surface area contributed by atoms with E-state index in [4.69, 9.17) is 23.4 Å². The zero-order chi connectivity index (χ0) is 39.3. The largest absolute Gasteiger partial charge is 0.497 e. The maximum Gasteiger partial charge on any atom is 0.329 e. The van der Waals surface area contributed by atoms with E-state index in [1.807, 2.05) is 78.9 Å². The van der Waals surface area contributed by atoms with E-state index in [0.717, 1.165) is 16.7 Å². The fraction of sp³-hybridized carbons (Fsp3) is 0.400. The van der Waals surface area contributed by atoms with Crippen LogP contribution >= 0.6 is 11.8 Å². The quantitative estimate of drug-likeness (QED) is 0.0789. The molecule has 288 valence electrons. The first kappa shape index (κ1) is 40.5. The van der Waals surface area contributed by atoms with Crippen molar-refractivity contribution in [3.63, 3.8) is 0 Å². The second kappa shape index (κ2) is 16.8. The van der Waals surface area contributed by atoms with Gasteiger partial charge >= 0.3 is 17.6 Å². The number of methoxy groups -OCH3 is 2. The Hall–Kier alpha value is -4.63. The molecule has 3 aromatic carbocycles. The summed E-state index contributed by atoms with van der Waals surface area (Å²) >= 11 is 1.34. The number of benzene rings is 3. The van der Waals surface area contributed by atoms with Crippen molar-refractivity contribution in [1.29, 1.82) is 0 Å². The summed E-state index contributed by atoms with van der Waals surface area (Å²) in [6, 6.07) is 26.2. The van der Waals surface area contributed by atoms with Gasteiger partial charge in [0, 0.05) is 12.3 Å². The van der Waals surface area contributed by atoms with Gasteiger partial charge in [-0.2, -0.15) is 0 Å². The van der Waals surface area contributed by atoms with Gasteiger partial charge in [-0.15, -0.1) is 11.8 Å². The number of rotatable bonds is 15. The molecule has 1 aliphatic heterocycles. The van der Waals surface area contributed by atoms with Gasteiger partial charge in [-0.1, -0.05) is 75.4 Å². The second-order valence-electron chi connectivity index (χ2n) is 14.6. The Balaban J connectivity index is 1.67. The van der Waals surface area contributed by atoms with Crippen LogP contribution in [0.4, 0.5) is 0 Å². The Bertz CT molecular complexity index is 1960. The van der Waals surface area contributed by atoms with E-state index < -0.39 is 66.4 Å². The van der Waals surface area contributed by atoms with Crippen molar-refractivity contribution in [2.45, 2.75) is 80.2 Å². The predicted molar refractivity (Wildman–Crippen MR) is 209 cm³/mol. The highest BCUT2D eigenvalue weighted by molar-refractivity contribution is 8.00. The second-order valence-corrected chi connectivity index (χ2v) is 20.7. The van der Waals surface area contributed by atoms with Gasteiger partial charge in [0.1, 0.15) is 34.7 Å². The third kappa shape index (κ3) is 8.83. The van der Waals surface area contributed by atoms with Gasteiger partial charge in [-0.25, -0.2) is 4.79 Å². The molecule has 0 saturated carbocycles. The van der Waals surface area contributed by atoms with E-state index >= 15 is 0 Å². The lowest BCUT2D eigenvalue weighted by Gasteiger charge is -2.41. The summed E-state index contributed by atoms with van der Waals surface area (Å²) in [5, 5.41) is 7.70. The topological polar surface area (TPSA) is 155 Å². The molecular formula is C40H48N2O10SSi. The molecule has 12 nitrogen and oxygen atoms in total. The van der Waals surface area contributed by atoms with Gasteiger partial charge < -0.3 is 28.5 Å². The first-order valence-electron chi connectivity index (χ1n) is 17.6. The van der Waals surface area contributed by atoms with E-state index in [9.17, 15) is 24.3 Å². The van der Waals surface area contributed by atoms with Crippen LogP contribution in [0.3, 0.4) is 0 Å². The number of carboxylic acid groups (broad SMARTS) is 1. The summed E-state index contributed by atoms with van der Waals surface area (Å²) in [7, 11) is 0.579. The Kier molecular flexibility index (Phi) is 12.6. The number of nitrogens with one attached hydrogen (secondary N) is 1. The van der Waals surface area contributed by atoms with Crippen molar-refractivity contribution in [3.05, 3.63) is 129 Å². The number of hydrogen-bond donors (Lipinski definition) is 2. The van der Waals surface area contributed by atoms with E-state index in [2.05, 4.69) is 38.8 Å². The number of aliphatic carboxylic acids is 1. The minimum Gasteiger partial charge on any atom is -0.497 e. The number of nitrogens with zero attached hydrogens (tertiary/aromatic N) is 1. The van der Waals surface area contributed by atoms with Gasteiger partial charge in [0.05, 0.1) is 38.9 Å². The molecule has 0 amide bonds. The Morgan fingerprint density at radius 1 is 0.815 bits per heavy atom. The number of esters is 1. The fourth-order valence-electron chi connectivity index (χ4n) is 6.18. The van der Waals surface area contributed by atoms with Crippen molar-refractivity contribution < 1.29 is 38.1 Å². The maximum absolute atomic E-state index is 13.4. The van der Waals surface area contributed by atoms with Crippen molar-refractivity contribution in [1.82, 2.24) is 9.55 Å². The molecule has 1 fully saturated rings. The maximum atomic E-state index is 13.4. The summed E-state index contributed by atoms with van der Waals surface area (Å²) < 4.78 is 32.8. The van der Waals surface area contributed by atoms with Crippen LogP contribution in [0.1, 0.15) is 55.7 Å². The van der Waals surface area contributed by atoms with Crippen molar-refractivity contribution in [2.75, 3.05) is 20.8 Å². The number of hydrogen-bond acceptors (Lipinski definition) is 10. The smallest absolute Gasteiger partial charge is 0.329 e. The van der Waals surface area contributed by atoms with Gasteiger partial charge in [-0.3, -0.25) is 23.9 Å². The lowest BCUT2D eigenvalue weighted by Crippen LogP contribution is -2.51. The molecule has 0 bridgehead atoms. The number of thioether (sulfide) groups is 1. The van der Waals surface area contributed by atoms with Crippen LogP contribution in [0.15, 0.2) is 101 Å². The number of H-pyrrole nitrogens is 1. The molecular weight excluding hydrogens is 729 g/mol. The number of carbonyl (C=O) groups excluding carboxylic acids is 1. The minimum absolute atomic E-state index is 0.0134. The normalized spacial score (nSPS) is 18.9. The van der Waals surface area contributed by atoms with Crippen molar-refractivity contribution in [3.8, 4) is 11.5 Å². The summed E-state index contributed by atoms with van der Waals surface area (Å²) in [5.41, 5.74) is 0.00260. The summed E-state index contributed by atoms with van der Waals surface area (Å²) in [4.78, 5) is 52.6. The third-order valence-corrected chi connectivity index (χ3v) is 16.1. The minimum atomic E-state index is -2.62. The average molecular weight is 777 g/mol. The molecule has 2 heterocycles. The van der Waals surface area contributed by atoms with Gasteiger partial charge in [0.15, 0.2) is 8.32 Å². The molecule has 0 aliphatic carbocycles. The molecule has 1 aromatic heterocycles. The van der Waals surface area contributed by atoms with Crippen LogP contribution in [0, 0.1) is 0 Å². The van der Waals surface area contributed by atoms with E-state index in [-0.39, 0.29) is 18.1 Å². The Morgan fingerprint density at radius 3 is 1.87 bits per heavy atom. The molecule has 2 N–H and O–H groups in total. The monoisotopic (exact) mass is 776 g/mol. The van der Waals surface area contributed by atoms with E-state index in [1.165, 1.54) is 28.6 Å². The van der Waals surface area contributed by atoms with E-state index in [0.29, 0.717) is 11.5 Å². The van der Waals surface area contributed by atoms with Crippen LogP contribution in [-0.2, 0) is 29.1 Å². The fourth-order valence-corrected chi connectivity index (χ4v) is 9.11. The molecule has 1 aliphatic rings. The molecule has 0 spiro atoms. The molecule has 0 radical (unpaired) electrons. The standard InChI is InChI=1S/C40H48N2O10SSi/c1-39(2,3)54(6,7)52-36-35(51-34(46)22-21-33(44)45)31(53-37(36)42-24-23-32(43)41-38(42)47)25-50-40(26-11-9-8-10-12-26,27-13-17-29(48-4)18-14-27)28-15-19-30(49-5)20-16-28/h8-20,23-24,31,35-37H,21-22,25H2,1-7H3,(H,44,45)(H,41,43,47)/t31-,35-,36-,37-/m1/s1. The predicted octanol–water partition coefficient (Wildman–Crippen LogP) is 6.34. The van der Waals surface area contributed by atoms with Crippen LogP contribution in [0.5, 0.6) is 11.5 Å². The molecule has 14 heteroatoms. The zero-order valence-electron chi connectivity index (χ0n) is 31.6. The Labute approximate surface area is 319 Å². The molecule has 54 heavy (non-hydrogen) atoms. The number of ether oxygens (including phenoxy) is 4. The molecule has 0 unspecified atom stereocenters. The van der Waals surface area contributed by atoms with Gasteiger partial charge in [-0.05, 0) is 59.1 Å². The first-order valence-corrected chi connectivity index (χ1v) is 21.5. The molecule has 4 atom stereocenters. The number of aromatic nitrogens is 2. The van der Waals surface area contributed by atoms with Crippen LogP contribution < -0.4 is 20.7 Å². The average Bonchev–Trinajstić information content (AvgIpc) is 3.46. The highest BCUT2D eigenvalue weighted by atomic mass is 32.2. The lowest BCUT2D eigenvalue weighted by molar-refractivity contribution is -0.157. The van der Waals surface area contributed by atoms with Gasteiger partial charge in [0.2, 0.25) is 0 Å². The van der Waals surface area contributed by atoms with Gasteiger partial charge in [0.25, 0.3) is 5.56 Å². The first-order chi connectivity index (χ1) is 25.6. The summed E-state index contributed by atoms with van der Waals surface area (Å²) in [5.74, 6) is -0.526. The van der Waals surface area contributed by atoms with E-state index in [1.54, 1.807) is 14.2 Å². The number of aromatic amines is 1. The highest BCUT2D eigenvalue weighted by Gasteiger charge is 2.53. The summed E-state index contributed by atoms with van der Waals surface area (Å²) in [6.07, 6.45) is -1.20. The highest BCUT2D eigenvalue weighted by Crippen LogP contribution is 2.50. The van der Waals surface area contributed by atoms with Crippen molar-refractivity contribution >= 4 is 32.0 Å². The van der Waals surface area contributed by atoms with Crippen molar-refractivity contribution in [2.24, 2.45) is 0 Å². The zero-order valence-corrected chi connectivity index (χ0v) is 33.4.